The van der Waals surface area contributed by atoms with Gasteiger partial charge in [-0.25, -0.2) is 9.97 Å². The Morgan fingerprint density at radius 3 is 2.92 bits per heavy atom. The molecule has 6 heteroatoms. The fourth-order valence-corrected chi connectivity index (χ4v) is 3.58. The molecule has 0 aromatic carbocycles. The van der Waals surface area contributed by atoms with Crippen LogP contribution in [0.25, 0.3) is 0 Å². The van der Waals surface area contributed by atoms with E-state index in [2.05, 4.69) is 21.8 Å². The maximum Gasteiger partial charge on any atom is 0.257 e. The largest absolute Gasteiger partial charge is 0.375 e. The highest BCUT2D eigenvalue weighted by Crippen LogP contribution is 2.16. The predicted molar refractivity (Wildman–Crippen MR) is 92.0 cm³/mol. The first-order chi connectivity index (χ1) is 11.8. The van der Waals surface area contributed by atoms with Crippen LogP contribution < -0.4 is 0 Å². The predicted octanol–water partition coefficient (Wildman–Crippen LogP) is 1.76. The number of aromatic nitrogens is 2. The highest BCUT2D eigenvalue weighted by Gasteiger charge is 2.27. The monoisotopic (exact) mass is 332 g/mol. The van der Waals surface area contributed by atoms with Gasteiger partial charge in [0.15, 0.2) is 0 Å². The molecule has 0 spiro atoms. The Morgan fingerprint density at radius 1 is 1.29 bits per heavy atom. The number of ether oxygens (including phenoxy) is 1. The van der Waals surface area contributed by atoms with Crippen molar-refractivity contribution in [1.29, 1.82) is 0 Å². The Bertz CT molecular complexity index is 546. The molecule has 2 fully saturated rings. The first kappa shape index (κ1) is 17.3. The average molecular weight is 332 g/mol. The number of hydrogen-bond donors (Lipinski definition) is 0. The van der Waals surface area contributed by atoms with Crippen molar-refractivity contribution in [3.63, 3.8) is 0 Å². The molecule has 0 saturated carbocycles. The van der Waals surface area contributed by atoms with Crippen molar-refractivity contribution < 1.29 is 9.53 Å². The van der Waals surface area contributed by atoms with Crippen LogP contribution in [0.3, 0.4) is 0 Å². The summed E-state index contributed by atoms with van der Waals surface area (Å²) >= 11 is 0. The minimum absolute atomic E-state index is 0.0518. The van der Waals surface area contributed by atoms with Crippen molar-refractivity contribution in [2.75, 3.05) is 39.3 Å². The van der Waals surface area contributed by atoms with Gasteiger partial charge in [0.2, 0.25) is 0 Å². The minimum atomic E-state index is 0.0518. The highest BCUT2D eigenvalue weighted by atomic mass is 16.5. The van der Waals surface area contributed by atoms with E-state index in [1.807, 2.05) is 4.90 Å². The zero-order valence-corrected chi connectivity index (χ0v) is 14.6. The van der Waals surface area contributed by atoms with Crippen molar-refractivity contribution >= 4 is 5.91 Å². The zero-order valence-electron chi connectivity index (χ0n) is 14.6. The molecule has 24 heavy (non-hydrogen) atoms. The molecule has 0 aliphatic carbocycles. The minimum Gasteiger partial charge on any atom is -0.375 e. The molecular weight excluding hydrogens is 304 g/mol. The molecule has 1 atom stereocenters. The summed E-state index contributed by atoms with van der Waals surface area (Å²) in [6.07, 6.45) is 8.52. The van der Waals surface area contributed by atoms with Crippen LogP contribution in [-0.4, -0.2) is 71.1 Å². The Hall–Kier alpha value is -1.53. The van der Waals surface area contributed by atoms with Gasteiger partial charge in [0.05, 0.1) is 17.4 Å². The second-order valence-electron chi connectivity index (χ2n) is 6.74. The molecule has 2 aliphatic heterocycles. The Labute approximate surface area is 144 Å². The van der Waals surface area contributed by atoms with Gasteiger partial charge in [-0.2, -0.15) is 0 Å². The quantitative estimate of drug-likeness (QED) is 0.822. The van der Waals surface area contributed by atoms with Gasteiger partial charge in [-0.1, -0.05) is 13.3 Å². The van der Waals surface area contributed by atoms with Gasteiger partial charge in [-0.05, 0) is 38.8 Å². The third-order valence-electron chi connectivity index (χ3n) is 4.81. The molecule has 3 rings (SSSR count). The SMILES string of the molecule is CCCc1ncncc1C(=O)N1CCCOC(CN2CCCC2)C1. The van der Waals surface area contributed by atoms with Crippen LogP contribution in [0.1, 0.15) is 48.7 Å². The summed E-state index contributed by atoms with van der Waals surface area (Å²) < 4.78 is 5.99. The van der Waals surface area contributed by atoms with Gasteiger partial charge in [0.25, 0.3) is 5.91 Å². The van der Waals surface area contributed by atoms with Crippen LogP contribution >= 0.6 is 0 Å². The molecule has 1 unspecified atom stereocenters. The number of nitrogens with zero attached hydrogens (tertiary/aromatic N) is 4. The maximum atomic E-state index is 13.0. The summed E-state index contributed by atoms with van der Waals surface area (Å²) in [6.45, 7) is 7.47. The molecule has 0 N–H and O–H groups in total. The van der Waals surface area contributed by atoms with Crippen molar-refractivity contribution in [2.24, 2.45) is 0 Å². The van der Waals surface area contributed by atoms with Crippen molar-refractivity contribution in [3.8, 4) is 0 Å². The van der Waals surface area contributed by atoms with E-state index in [0.29, 0.717) is 12.1 Å². The molecule has 6 nitrogen and oxygen atoms in total. The second-order valence-corrected chi connectivity index (χ2v) is 6.74. The van der Waals surface area contributed by atoms with E-state index < -0.39 is 0 Å². The normalized spacial score (nSPS) is 22.5. The lowest BCUT2D eigenvalue weighted by molar-refractivity contribution is 0.0297. The summed E-state index contributed by atoms with van der Waals surface area (Å²) in [7, 11) is 0. The van der Waals surface area contributed by atoms with Crippen LogP contribution in [0.4, 0.5) is 0 Å². The molecule has 0 bridgehead atoms. The van der Waals surface area contributed by atoms with Gasteiger partial charge in [-0.3, -0.25) is 4.79 Å². The van der Waals surface area contributed by atoms with E-state index in [0.717, 1.165) is 57.7 Å². The standard InChI is InChI=1S/C18H28N4O2/c1-2-6-17-16(11-19-14-20-17)18(23)22-9-5-10-24-15(13-22)12-21-7-3-4-8-21/h11,14-15H,2-10,12-13H2,1H3. The van der Waals surface area contributed by atoms with Gasteiger partial charge in [-0.15, -0.1) is 0 Å². The number of carbonyl (C=O) groups excluding carboxylic acids is 1. The molecule has 132 valence electrons. The van der Waals surface area contributed by atoms with Gasteiger partial charge in [0, 0.05) is 32.4 Å². The van der Waals surface area contributed by atoms with Gasteiger partial charge < -0.3 is 14.5 Å². The van der Waals surface area contributed by atoms with E-state index in [1.54, 1.807) is 6.20 Å². The van der Waals surface area contributed by atoms with Crippen molar-refractivity contribution in [3.05, 3.63) is 23.8 Å². The summed E-state index contributed by atoms with van der Waals surface area (Å²) in [5, 5.41) is 0. The molecule has 2 aliphatic rings. The van der Waals surface area contributed by atoms with E-state index in [4.69, 9.17) is 4.74 Å². The summed E-state index contributed by atoms with van der Waals surface area (Å²) in [5.41, 5.74) is 1.51. The maximum absolute atomic E-state index is 13.0. The fraction of sp³-hybridized carbons (Fsp3) is 0.722. The third-order valence-corrected chi connectivity index (χ3v) is 4.81. The molecule has 2 saturated heterocycles. The Morgan fingerprint density at radius 2 is 2.12 bits per heavy atom. The Kier molecular flexibility index (Phi) is 6.15. The van der Waals surface area contributed by atoms with Crippen LogP contribution in [-0.2, 0) is 11.2 Å². The number of rotatable bonds is 5. The molecular formula is C18H28N4O2. The zero-order chi connectivity index (χ0) is 16.8. The number of amides is 1. The first-order valence-electron chi connectivity index (χ1n) is 9.20. The first-order valence-corrected chi connectivity index (χ1v) is 9.20. The van der Waals surface area contributed by atoms with E-state index in [-0.39, 0.29) is 12.0 Å². The second kappa shape index (κ2) is 8.53. The lowest BCUT2D eigenvalue weighted by atomic mass is 10.1. The molecule has 1 amide bonds. The Balaban J connectivity index is 1.68. The summed E-state index contributed by atoms with van der Waals surface area (Å²) in [4.78, 5) is 25.8. The van der Waals surface area contributed by atoms with E-state index in [9.17, 15) is 4.79 Å². The van der Waals surface area contributed by atoms with E-state index >= 15 is 0 Å². The van der Waals surface area contributed by atoms with E-state index in [1.165, 1.54) is 19.2 Å². The molecule has 1 aromatic heterocycles. The molecule has 0 radical (unpaired) electrons. The third kappa shape index (κ3) is 4.30. The number of hydrogen-bond acceptors (Lipinski definition) is 5. The van der Waals surface area contributed by atoms with Crippen LogP contribution in [0.15, 0.2) is 12.5 Å². The average Bonchev–Trinajstić information content (AvgIpc) is 2.99. The smallest absolute Gasteiger partial charge is 0.257 e. The number of aryl methyl sites for hydroxylation is 1. The van der Waals surface area contributed by atoms with Crippen molar-refractivity contribution in [2.45, 2.75) is 45.1 Å². The fourth-order valence-electron chi connectivity index (χ4n) is 3.58. The lowest BCUT2D eigenvalue weighted by Crippen LogP contribution is -2.42. The highest BCUT2D eigenvalue weighted by molar-refractivity contribution is 5.95. The van der Waals surface area contributed by atoms with Crippen LogP contribution in [0.2, 0.25) is 0 Å². The number of carbonyl (C=O) groups is 1. The molecule has 3 heterocycles. The summed E-state index contributed by atoms with van der Waals surface area (Å²) in [6, 6.07) is 0. The lowest BCUT2D eigenvalue weighted by Gasteiger charge is -2.27. The molecule has 1 aromatic rings. The number of likely N-dealkylation sites (tertiary alicyclic amines) is 1. The van der Waals surface area contributed by atoms with Gasteiger partial charge in [0.1, 0.15) is 6.33 Å². The van der Waals surface area contributed by atoms with Crippen LogP contribution in [0, 0.1) is 0 Å². The topological polar surface area (TPSA) is 58.6 Å². The summed E-state index contributed by atoms with van der Waals surface area (Å²) in [5.74, 6) is 0.0518. The van der Waals surface area contributed by atoms with Crippen molar-refractivity contribution in [1.82, 2.24) is 19.8 Å². The van der Waals surface area contributed by atoms with Gasteiger partial charge >= 0.3 is 0 Å². The van der Waals surface area contributed by atoms with Crippen LogP contribution in [0.5, 0.6) is 0 Å².